The fourth-order valence-electron chi connectivity index (χ4n) is 2.13. The predicted octanol–water partition coefficient (Wildman–Crippen LogP) is 3.07. The van der Waals surface area contributed by atoms with E-state index in [2.05, 4.69) is 15.6 Å². The number of guanidine groups is 1. The monoisotopic (exact) mass is 423 g/mol. The van der Waals surface area contributed by atoms with E-state index in [1.807, 2.05) is 0 Å². The van der Waals surface area contributed by atoms with Crippen LogP contribution < -0.4 is 10.6 Å². The average molecular weight is 423 g/mol. The topological polar surface area (TPSA) is 45.7 Å². The maximum atomic E-state index is 12.0. The van der Waals surface area contributed by atoms with Gasteiger partial charge in [-0.1, -0.05) is 12.8 Å². The summed E-state index contributed by atoms with van der Waals surface area (Å²) in [5.74, 6) is 0.398. The van der Waals surface area contributed by atoms with Gasteiger partial charge in [0, 0.05) is 26.7 Å². The summed E-state index contributed by atoms with van der Waals surface area (Å²) in [5.41, 5.74) is 0. The molecule has 0 amide bonds. The molecule has 0 heterocycles. The van der Waals surface area contributed by atoms with Gasteiger partial charge in [-0.15, -0.1) is 24.0 Å². The summed E-state index contributed by atoms with van der Waals surface area (Å²) in [5, 5.41) is 5.61. The lowest BCUT2D eigenvalue weighted by Crippen LogP contribution is -2.39. The number of nitrogens with one attached hydrogen (secondary N) is 2. The SMILES string of the molecule is CN=C(NCCCOC1CCCC1)NCCC(F)(F)F.I. The van der Waals surface area contributed by atoms with Crippen molar-refractivity contribution in [1.29, 1.82) is 0 Å². The zero-order valence-corrected chi connectivity index (χ0v) is 14.7. The molecule has 0 bridgehead atoms. The molecule has 1 aliphatic carbocycles. The third-order valence-corrected chi connectivity index (χ3v) is 3.19. The number of aliphatic imine (C=N–C) groups is 1. The lowest BCUT2D eigenvalue weighted by molar-refractivity contribution is -0.132. The third kappa shape index (κ3) is 11.0. The number of rotatable bonds is 7. The van der Waals surface area contributed by atoms with Crippen LogP contribution in [-0.2, 0) is 4.74 Å². The first-order valence-electron chi connectivity index (χ1n) is 7.14. The van der Waals surface area contributed by atoms with E-state index in [0.29, 0.717) is 25.2 Å². The normalized spacial score (nSPS) is 16.7. The third-order valence-electron chi connectivity index (χ3n) is 3.19. The summed E-state index contributed by atoms with van der Waals surface area (Å²) in [4.78, 5) is 3.87. The minimum Gasteiger partial charge on any atom is -0.378 e. The first-order chi connectivity index (χ1) is 9.51. The Labute approximate surface area is 141 Å². The highest BCUT2D eigenvalue weighted by molar-refractivity contribution is 14.0. The number of alkyl halides is 3. The van der Waals surface area contributed by atoms with Gasteiger partial charge in [0.1, 0.15) is 0 Å². The van der Waals surface area contributed by atoms with Crippen molar-refractivity contribution in [1.82, 2.24) is 10.6 Å². The van der Waals surface area contributed by atoms with Crippen LogP contribution in [0.1, 0.15) is 38.5 Å². The van der Waals surface area contributed by atoms with Gasteiger partial charge >= 0.3 is 6.18 Å². The average Bonchev–Trinajstić information content (AvgIpc) is 2.88. The fraction of sp³-hybridized carbons (Fsp3) is 0.923. The molecule has 1 rings (SSSR count). The van der Waals surface area contributed by atoms with Gasteiger partial charge in [0.2, 0.25) is 0 Å². The summed E-state index contributed by atoms with van der Waals surface area (Å²) in [7, 11) is 1.54. The molecule has 0 unspecified atom stereocenters. The molecule has 21 heavy (non-hydrogen) atoms. The molecule has 0 aromatic rings. The van der Waals surface area contributed by atoms with E-state index in [4.69, 9.17) is 4.74 Å². The summed E-state index contributed by atoms with van der Waals surface area (Å²) in [6.45, 7) is 1.15. The zero-order chi connectivity index (χ0) is 14.8. The van der Waals surface area contributed by atoms with Gasteiger partial charge in [0.15, 0.2) is 5.96 Å². The van der Waals surface area contributed by atoms with Crippen LogP contribution >= 0.6 is 24.0 Å². The lowest BCUT2D eigenvalue weighted by Gasteiger charge is -2.14. The number of hydrogen-bond donors (Lipinski definition) is 2. The fourth-order valence-corrected chi connectivity index (χ4v) is 2.13. The van der Waals surface area contributed by atoms with Crippen molar-refractivity contribution in [3.05, 3.63) is 0 Å². The second kappa shape index (κ2) is 11.3. The largest absolute Gasteiger partial charge is 0.390 e. The number of halogens is 4. The van der Waals surface area contributed by atoms with Crippen molar-refractivity contribution in [2.75, 3.05) is 26.7 Å². The van der Waals surface area contributed by atoms with Crippen molar-refractivity contribution in [2.24, 2.45) is 4.99 Å². The van der Waals surface area contributed by atoms with Crippen molar-refractivity contribution in [3.8, 4) is 0 Å². The molecule has 0 saturated heterocycles. The van der Waals surface area contributed by atoms with Crippen LogP contribution in [0.5, 0.6) is 0 Å². The predicted molar refractivity (Wildman–Crippen MR) is 88.3 cm³/mol. The number of nitrogens with zero attached hydrogens (tertiary/aromatic N) is 1. The lowest BCUT2D eigenvalue weighted by atomic mass is 10.3. The summed E-state index contributed by atoms with van der Waals surface area (Å²) in [6.07, 6.45) is 1.01. The summed E-state index contributed by atoms with van der Waals surface area (Å²) in [6, 6.07) is 0. The molecule has 0 aliphatic heterocycles. The molecule has 126 valence electrons. The van der Waals surface area contributed by atoms with Crippen LogP contribution in [0.3, 0.4) is 0 Å². The second-order valence-corrected chi connectivity index (χ2v) is 4.92. The Morgan fingerprint density at radius 1 is 1.19 bits per heavy atom. The molecule has 2 N–H and O–H groups in total. The van der Waals surface area contributed by atoms with Crippen molar-refractivity contribution >= 4 is 29.9 Å². The highest BCUT2D eigenvalue weighted by atomic mass is 127. The highest BCUT2D eigenvalue weighted by Crippen LogP contribution is 2.20. The first kappa shape index (κ1) is 20.8. The van der Waals surface area contributed by atoms with Crippen LogP contribution in [0.2, 0.25) is 0 Å². The van der Waals surface area contributed by atoms with Crippen LogP contribution in [0.15, 0.2) is 4.99 Å². The van der Waals surface area contributed by atoms with Crippen molar-refractivity contribution in [2.45, 2.75) is 50.8 Å². The van der Waals surface area contributed by atoms with Gasteiger partial charge in [0.05, 0.1) is 12.5 Å². The molecule has 0 aromatic heterocycles. The quantitative estimate of drug-likeness (QED) is 0.287. The van der Waals surface area contributed by atoms with E-state index in [-0.39, 0.29) is 30.5 Å². The van der Waals surface area contributed by atoms with E-state index < -0.39 is 12.6 Å². The maximum absolute atomic E-state index is 12.0. The Bertz CT molecular complexity index is 295. The van der Waals surface area contributed by atoms with Crippen LogP contribution in [0.25, 0.3) is 0 Å². The van der Waals surface area contributed by atoms with Gasteiger partial charge < -0.3 is 15.4 Å². The summed E-state index contributed by atoms with van der Waals surface area (Å²) >= 11 is 0. The molecule has 8 heteroatoms. The molecule has 1 aliphatic rings. The Morgan fingerprint density at radius 2 is 1.81 bits per heavy atom. The Kier molecular flexibility index (Phi) is 11.2. The van der Waals surface area contributed by atoms with Gasteiger partial charge in [0.25, 0.3) is 0 Å². The van der Waals surface area contributed by atoms with E-state index >= 15 is 0 Å². The smallest absolute Gasteiger partial charge is 0.378 e. The number of hydrogen-bond acceptors (Lipinski definition) is 2. The molecule has 1 fully saturated rings. The standard InChI is InChI=1S/C13H24F3N3O.HI/c1-17-12(19-9-7-13(14,15)16)18-8-4-10-20-11-5-2-3-6-11;/h11H,2-10H2,1H3,(H2,17,18,19);1H. The van der Waals surface area contributed by atoms with Gasteiger partial charge in [-0.3, -0.25) is 4.99 Å². The maximum Gasteiger partial charge on any atom is 0.390 e. The van der Waals surface area contributed by atoms with Crippen LogP contribution in [0.4, 0.5) is 13.2 Å². The van der Waals surface area contributed by atoms with Crippen LogP contribution in [0, 0.1) is 0 Å². The first-order valence-corrected chi connectivity index (χ1v) is 7.14. The zero-order valence-electron chi connectivity index (χ0n) is 12.3. The minimum absolute atomic E-state index is 0. The van der Waals surface area contributed by atoms with E-state index in [9.17, 15) is 13.2 Å². The summed E-state index contributed by atoms with van der Waals surface area (Å²) < 4.78 is 41.7. The van der Waals surface area contributed by atoms with E-state index in [1.54, 1.807) is 0 Å². The second-order valence-electron chi connectivity index (χ2n) is 4.92. The highest BCUT2D eigenvalue weighted by Gasteiger charge is 2.26. The Hall–Kier alpha value is -0.250. The molecule has 0 radical (unpaired) electrons. The number of ether oxygens (including phenoxy) is 1. The van der Waals surface area contributed by atoms with Crippen LogP contribution in [-0.4, -0.2) is 45.0 Å². The molecule has 0 aromatic carbocycles. The van der Waals surface area contributed by atoms with E-state index in [1.165, 1.54) is 19.9 Å². The molecule has 1 saturated carbocycles. The molecular formula is C13H25F3IN3O. The van der Waals surface area contributed by atoms with Crippen molar-refractivity contribution < 1.29 is 17.9 Å². The Balaban J connectivity index is 0.00000400. The Morgan fingerprint density at radius 3 is 2.38 bits per heavy atom. The molecule has 4 nitrogen and oxygen atoms in total. The molecule has 0 atom stereocenters. The van der Waals surface area contributed by atoms with Gasteiger partial charge in [-0.05, 0) is 19.3 Å². The van der Waals surface area contributed by atoms with Crippen molar-refractivity contribution in [3.63, 3.8) is 0 Å². The molecular weight excluding hydrogens is 398 g/mol. The molecule has 0 spiro atoms. The minimum atomic E-state index is -4.14. The van der Waals surface area contributed by atoms with Gasteiger partial charge in [-0.2, -0.15) is 13.2 Å². The van der Waals surface area contributed by atoms with Gasteiger partial charge in [-0.25, -0.2) is 0 Å². The van der Waals surface area contributed by atoms with E-state index in [0.717, 1.165) is 19.3 Å².